The number of hydrogen-bond acceptors (Lipinski definition) is 4. The zero-order chi connectivity index (χ0) is 19.8. The average Bonchev–Trinajstić information content (AvgIpc) is 2.61. The predicted molar refractivity (Wildman–Crippen MR) is 93.6 cm³/mol. The molecular weight excluding hydrogens is 384 g/mol. The lowest BCUT2D eigenvalue weighted by atomic mass is 10.1. The van der Waals surface area contributed by atoms with Crippen molar-refractivity contribution < 1.29 is 27.1 Å². The van der Waals surface area contributed by atoms with Crippen molar-refractivity contribution in [3.8, 4) is 11.8 Å². The second-order valence-electron chi connectivity index (χ2n) is 4.94. The smallest absolute Gasteiger partial charge is 0.387 e. The zero-order valence-corrected chi connectivity index (χ0v) is 14.4. The summed E-state index contributed by atoms with van der Waals surface area (Å²) in [6.45, 7) is -3.05. The fourth-order valence-corrected chi connectivity index (χ4v) is 2.52. The number of benzene rings is 2. The lowest BCUT2D eigenvalue weighted by molar-refractivity contribution is -0.112. The molecule has 2 rings (SSSR count). The lowest BCUT2D eigenvalue weighted by Gasteiger charge is -2.09. The van der Waals surface area contributed by atoms with Gasteiger partial charge in [0.1, 0.15) is 17.4 Å². The molecule has 0 spiro atoms. The first-order valence-corrected chi connectivity index (χ1v) is 8.29. The number of nitrogens with zero attached hydrogens (tertiary/aromatic N) is 1. The molecule has 0 aromatic heterocycles. The highest BCUT2D eigenvalue weighted by Crippen LogP contribution is 2.27. The third-order valence-corrected chi connectivity index (χ3v) is 3.86. The van der Waals surface area contributed by atoms with Gasteiger partial charge in [-0.15, -0.1) is 0 Å². The van der Waals surface area contributed by atoms with Gasteiger partial charge in [-0.05, 0) is 36.4 Å². The monoisotopic (exact) mass is 396 g/mol. The lowest BCUT2D eigenvalue weighted by Crippen LogP contribution is -2.13. The Hall–Kier alpha value is -2.99. The van der Waals surface area contributed by atoms with Gasteiger partial charge < -0.3 is 10.1 Å². The predicted octanol–water partition coefficient (Wildman–Crippen LogP) is 5.15. The van der Waals surface area contributed by atoms with Crippen LogP contribution in [0.4, 0.5) is 23.2 Å². The summed E-state index contributed by atoms with van der Waals surface area (Å²) < 4.78 is 53.8. The van der Waals surface area contributed by atoms with Crippen LogP contribution in [0.25, 0.3) is 6.08 Å². The van der Waals surface area contributed by atoms with E-state index in [1.807, 2.05) is 0 Å². The number of thioether (sulfide) groups is 1. The molecule has 0 bridgehead atoms. The molecule has 1 N–H and O–H groups in total. The number of carbonyl (C=O) groups is 1. The van der Waals surface area contributed by atoms with E-state index in [4.69, 9.17) is 0 Å². The fraction of sp³-hybridized carbons (Fsp3) is 0.111. The largest absolute Gasteiger partial charge is 0.434 e. The van der Waals surface area contributed by atoms with Gasteiger partial charge in [-0.3, -0.25) is 4.79 Å². The number of nitrogens with one attached hydrogen (secondary N) is 1. The number of alkyl halides is 4. The molecule has 4 nitrogen and oxygen atoms in total. The molecule has 9 heteroatoms. The minimum absolute atomic E-state index is 0.133. The van der Waals surface area contributed by atoms with Crippen molar-refractivity contribution in [1.82, 2.24) is 0 Å². The minimum Gasteiger partial charge on any atom is -0.434 e. The Balaban J connectivity index is 2.17. The van der Waals surface area contributed by atoms with Crippen LogP contribution in [-0.4, -0.2) is 18.3 Å². The highest BCUT2D eigenvalue weighted by atomic mass is 32.2. The number of halogens is 4. The highest BCUT2D eigenvalue weighted by Gasteiger charge is 2.13. The highest BCUT2D eigenvalue weighted by molar-refractivity contribution is 7.99. The second kappa shape index (κ2) is 9.64. The van der Waals surface area contributed by atoms with E-state index < -0.39 is 18.3 Å². The van der Waals surface area contributed by atoms with E-state index in [0.29, 0.717) is 16.7 Å². The summed E-state index contributed by atoms with van der Waals surface area (Å²) in [6.07, 6.45) is 1.12. The molecule has 2 aromatic carbocycles. The number of ether oxygens (including phenoxy) is 1. The third-order valence-electron chi connectivity index (χ3n) is 3.14. The van der Waals surface area contributed by atoms with E-state index in [1.165, 1.54) is 48.5 Å². The van der Waals surface area contributed by atoms with Crippen molar-refractivity contribution in [2.24, 2.45) is 0 Å². The molecule has 0 aliphatic rings. The second-order valence-corrected chi connectivity index (χ2v) is 6.01. The van der Waals surface area contributed by atoms with Crippen molar-refractivity contribution in [3.05, 3.63) is 59.7 Å². The van der Waals surface area contributed by atoms with Gasteiger partial charge in [-0.25, -0.2) is 0 Å². The van der Waals surface area contributed by atoms with Gasteiger partial charge >= 0.3 is 6.61 Å². The van der Waals surface area contributed by atoms with Gasteiger partial charge in [0.2, 0.25) is 0 Å². The molecule has 0 saturated heterocycles. The maximum atomic E-state index is 12.4. The van der Waals surface area contributed by atoms with E-state index in [9.17, 15) is 27.6 Å². The first-order valence-electron chi connectivity index (χ1n) is 7.41. The molecule has 0 heterocycles. The number of carbonyl (C=O) groups excluding carboxylic acids is 1. The number of amides is 1. The molecule has 1 amide bonds. The standard InChI is InChI=1S/C18H12F4N2O2S/c19-17(20)26-15-4-2-1-3-11(15)9-12(10-23)16(25)24-13-5-7-14(8-6-13)27-18(21)22/h1-9,17-18H,(H,24,25)/b12-9-. The quantitative estimate of drug-likeness (QED) is 0.304. The van der Waals surface area contributed by atoms with Gasteiger partial charge in [0.25, 0.3) is 11.7 Å². The normalized spacial score (nSPS) is 11.4. The van der Waals surface area contributed by atoms with E-state index >= 15 is 0 Å². The van der Waals surface area contributed by atoms with Crippen LogP contribution < -0.4 is 10.1 Å². The summed E-state index contributed by atoms with van der Waals surface area (Å²) in [5.41, 5.74) is 0.0800. The molecule has 27 heavy (non-hydrogen) atoms. The summed E-state index contributed by atoms with van der Waals surface area (Å²) in [5.74, 6) is -3.52. The Morgan fingerprint density at radius 3 is 2.37 bits per heavy atom. The zero-order valence-electron chi connectivity index (χ0n) is 13.5. The van der Waals surface area contributed by atoms with E-state index in [0.717, 1.165) is 6.08 Å². The summed E-state index contributed by atoms with van der Waals surface area (Å²) in [6, 6.07) is 13.0. The Kier molecular flexibility index (Phi) is 7.25. The molecular formula is C18H12F4N2O2S. The molecule has 0 aliphatic heterocycles. The van der Waals surface area contributed by atoms with Crippen molar-refractivity contribution in [2.45, 2.75) is 17.3 Å². The van der Waals surface area contributed by atoms with Gasteiger partial charge in [0.15, 0.2) is 0 Å². The van der Waals surface area contributed by atoms with Crippen molar-refractivity contribution >= 4 is 29.4 Å². The van der Waals surface area contributed by atoms with Crippen molar-refractivity contribution in [3.63, 3.8) is 0 Å². The molecule has 0 aliphatic carbocycles. The number of nitriles is 1. The van der Waals surface area contributed by atoms with E-state index in [-0.39, 0.29) is 22.6 Å². The Labute approximate surface area is 156 Å². The first-order chi connectivity index (χ1) is 12.9. The Bertz CT molecular complexity index is 864. The summed E-state index contributed by atoms with van der Waals surface area (Å²) in [4.78, 5) is 12.5. The van der Waals surface area contributed by atoms with Crippen LogP contribution in [0.3, 0.4) is 0 Å². The minimum atomic E-state index is -3.05. The number of hydrogen-bond donors (Lipinski definition) is 1. The topological polar surface area (TPSA) is 62.1 Å². The number of rotatable bonds is 7. The molecule has 2 aromatic rings. The third kappa shape index (κ3) is 6.34. The molecule has 0 fully saturated rings. The van der Waals surface area contributed by atoms with E-state index in [1.54, 1.807) is 6.07 Å². The Morgan fingerprint density at radius 2 is 1.78 bits per heavy atom. The summed E-state index contributed by atoms with van der Waals surface area (Å²) in [5, 5.41) is 11.6. The number of para-hydroxylation sites is 1. The van der Waals surface area contributed by atoms with Gasteiger partial charge in [0, 0.05) is 16.1 Å². The molecule has 0 unspecified atom stereocenters. The van der Waals surface area contributed by atoms with Crippen LogP contribution >= 0.6 is 11.8 Å². The molecule has 140 valence electrons. The van der Waals surface area contributed by atoms with Crippen molar-refractivity contribution in [1.29, 1.82) is 5.26 Å². The van der Waals surface area contributed by atoms with Crippen LogP contribution in [0.5, 0.6) is 5.75 Å². The summed E-state index contributed by atoms with van der Waals surface area (Å²) >= 11 is 0.360. The maximum Gasteiger partial charge on any atom is 0.387 e. The number of anilines is 1. The molecule has 0 atom stereocenters. The van der Waals surface area contributed by atoms with Crippen LogP contribution in [0, 0.1) is 11.3 Å². The van der Waals surface area contributed by atoms with Crippen LogP contribution in [0.2, 0.25) is 0 Å². The summed E-state index contributed by atoms with van der Waals surface area (Å²) in [7, 11) is 0. The van der Waals surface area contributed by atoms with Crippen molar-refractivity contribution in [2.75, 3.05) is 5.32 Å². The average molecular weight is 396 g/mol. The van der Waals surface area contributed by atoms with E-state index in [2.05, 4.69) is 10.1 Å². The van der Waals surface area contributed by atoms with Crippen LogP contribution in [0.15, 0.2) is 59.0 Å². The first kappa shape index (κ1) is 20.3. The van der Waals surface area contributed by atoms with Gasteiger partial charge in [0.05, 0.1) is 0 Å². The molecule has 0 radical (unpaired) electrons. The SMILES string of the molecule is N#C/C(=C/c1ccccc1OC(F)F)C(=O)Nc1ccc(SC(F)F)cc1. The van der Waals surface area contributed by atoms with Crippen LogP contribution in [-0.2, 0) is 4.79 Å². The van der Waals surface area contributed by atoms with Crippen LogP contribution in [0.1, 0.15) is 5.56 Å². The van der Waals surface area contributed by atoms with Gasteiger partial charge in [-0.2, -0.15) is 22.8 Å². The fourth-order valence-electron chi connectivity index (χ4n) is 2.03. The maximum absolute atomic E-state index is 12.4. The Morgan fingerprint density at radius 1 is 1.11 bits per heavy atom. The molecule has 0 saturated carbocycles. The van der Waals surface area contributed by atoms with Gasteiger partial charge in [-0.1, -0.05) is 30.0 Å².